The van der Waals surface area contributed by atoms with Gasteiger partial charge >= 0.3 is 0 Å². The Hall–Kier alpha value is -3.25. The Labute approximate surface area is 213 Å². The highest BCUT2D eigenvalue weighted by Gasteiger charge is 2.23. The van der Waals surface area contributed by atoms with E-state index < -0.39 is 9.99 Å². The highest BCUT2D eigenvalue weighted by atomic mass is 32.2. The van der Waals surface area contributed by atoms with Crippen molar-refractivity contribution in [1.29, 1.82) is 0 Å². The largest absolute Gasteiger partial charge is 0.467 e. The zero-order valence-electron chi connectivity index (χ0n) is 19.4. The van der Waals surface area contributed by atoms with E-state index in [0.29, 0.717) is 41.2 Å². The van der Waals surface area contributed by atoms with Crippen molar-refractivity contribution in [2.24, 2.45) is 4.99 Å². The number of furan rings is 1. The van der Waals surface area contributed by atoms with Gasteiger partial charge in [0.2, 0.25) is 0 Å². The van der Waals surface area contributed by atoms with Crippen molar-refractivity contribution in [2.45, 2.75) is 24.5 Å². The van der Waals surface area contributed by atoms with Crippen molar-refractivity contribution in [3.63, 3.8) is 0 Å². The first-order valence-electron chi connectivity index (χ1n) is 11.5. The second-order valence-corrected chi connectivity index (χ2v) is 11.2. The third kappa shape index (κ3) is 5.44. The number of rotatable bonds is 7. The monoisotopic (exact) mass is 523 g/mol. The molecule has 2 aliphatic rings. The number of carbonyl (C=O) groups excluding carboxylic acids is 1. The van der Waals surface area contributed by atoms with Crippen LogP contribution in [-0.2, 0) is 21.3 Å². The lowest BCUT2D eigenvalue weighted by Crippen LogP contribution is -2.32. The summed E-state index contributed by atoms with van der Waals surface area (Å²) in [5.74, 6) is 1.16. The molecule has 0 spiro atoms. The molecule has 1 amide bonds. The van der Waals surface area contributed by atoms with E-state index in [1.165, 1.54) is 11.8 Å². The fourth-order valence-corrected chi connectivity index (χ4v) is 6.25. The smallest absolute Gasteiger partial charge is 0.256 e. The highest BCUT2D eigenvalue weighted by Crippen LogP contribution is 2.25. The molecular formula is C25H25N5O4S2. The Morgan fingerprint density at radius 1 is 1.06 bits per heavy atom. The van der Waals surface area contributed by atoms with Crippen molar-refractivity contribution >= 4 is 38.2 Å². The van der Waals surface area contributed by atoms with Gasteiger partial charge < -0.3 is 8.97 Å². The molecule has 5 rings (SSSR count). The van der Waals surface area contributed by atoms with Gasteiger partial charge in [0.05, 0.1) is 29.1 Å². The van der Waals surface area contributed by atoms with Crippen molar-refractivity contribution in [1.82, 2.24) is 19.1 Å². The lowest BCUT2D eigenvalue weighted by molar-refractivity contribution is -0.115. The lowest BCUT2D eigenvalue weighted by atomic mass is 10.2. The molecule has 3 aromatic rings. The van der Waals surface area contributed by atoms with Gasteiger partial charge in [-0.1, -0.05) is 42.1 Å². The fraction of sp³-hybridized carbons (Fsp3) is 0.240. The Morgan fingerprint density at radius 2 is 1.81 bits per heavy atom. The summed E-state index contributed by atoms with van der Waals surface area (Å²) < 4.78 is 32.3. The number of thioether (sulfide) groups is 1. The molecule has 11 heteroatoms. The van der Waals surface area contributed by atoms with Crippen LogP contribution in [-0.4, -0.2) is 63.2 Å². The maximum absolute atomic E-state index is 12.8. The molecule has 3 heterocycles. The number of allylic oxidation sites excluding steroid dienone is 4. The van der Waals surface area contributed by atoms with Crippen molar-refractivity contribution in [3.05, 3.63) is 78.8 Å². The van der Waals surface area contributed by atoms with Gasteiger partial charge in [0.25, 0.3) is 5.91 Å². The number of aromatic nitrogens is 3. The Balaban J connectivity index is 1.29. The lowest BCUT2D eigenvalue weighted by Gasteiger charge is -2.19. The third-order valence-electron chi connectivity index (χ3n) is 5.78. The molecule has 1 fully saturated rings. The topological polar surface area (TPSA) is 114 Å². The molecule has 9 nitrogen and oxygen atoms in total. The summed E-state index contributed by atoms with van der Waals surface area (Å²) in [6.45, 7) is 1.64. The highest BCUT2D eigenvalue weighted by molar-refractivity contribution is 7.99. The number of hydrogen-bond donors (Lipinski definition) is 1. The zero-order chi connectivity index (χ0) is 25.0. The van der Waals surface area contributed by atoms with E-state index in [4.69, 9.17) is 4.42 Å². The van der Waals surface area contributed by atoms with E-state index in [0.717, 1.165) is 24.2 Å². The van der Waals surface area contributed by atoms with Gasteiger partial charge in [-0.3, -0.25) is 9.36 Å². The first kappa shape index (κ1) is 24.4. The molecule has 1 atom stereocenters. The van der Waals surface area contributed by atoms with Crippen LogP contribution in [0.5, 0.6) is 0 Å². The standard InChI is InChI=1S/C25H25N5O4S2/c31-23(26-20-10-12-22(13-11-20)36(32,33)29-14-4-5-15-29)18-35-25-28-27-24(19-7-2-1-3-8-19)30(25)17-21-9-6-16-34-21/h1-3,6-13,16H,4-5,14-15,17-18H2,(H,32,33). The number of hydrogen-bond acceptors (Lipinski definition) is 6. The molecule has 1 unspecified atom stereocenters. The first-order chi connectivity index (χ1) is 17.5. The maximum Gasteiger partial charge on any atom is 0.256 e. The van der Waals surface area contributed by atoms with Gasteiger partial charge in [-0.2, -0.15) is 0 Å². The van der Waals surface area contributed by atoms with E-state index >= 15 is 0 Å². The zero-order valence-corrected chi connectivity index (χ0v) is 21.0. The summed E-state index contributed by atoms with van der Waals surface area (Å²) >= 11 is 1.25. The van der Waals surface area contributed by atoms with E-state index in [9.17, 15) is 13.6 Å². The Kier molecular flexibility index (Phi) is 7.33. The summed E-state index contributed by atoms with van der Waals surface area (Å²) in [5, 5.41) is 9.23. The normalized spacial score (nSPS) is 17.5. The van der Waals surface area contributed by atoms with E-state index in [-0.39, 0.29) is 11.7 Å². The van der Waals surface area contributed by atoms with Crippen LogP contribution in [0, 0.1) is 0 Å². The maximum atomic E-state index is 12.8. The molecule has 1 aliphatic heterocycles. The summed E-state index contributed by atoms with van der Waals surface area (Å²) in [6.07, 6.45) is 9.76. The minimum Gasteiger partial charge on any atom is -0.467 e. The molecular weight excluding hydrogens is 498 g/mol. The predicted molar refractivity (Wildman–Crippen MR) is 141 cm³/mol. The Bertz CT molecular complexity index is 1420. The summed E-state index contributed by atoms with van der Waals surface area (Å²) in [5.41, 5.74) is 1.34. The second kappa shape index (κ2) is 10.8. The number of amides is 1. The number of nitrogens with zero attached hydrogens (tertiary/aromatic N) is 5. The molecule has 1 saturated heterocycles. The second-order valence-electron chi connectivity index (χ2n) is 8.26. The van der Waals surface area contributed by atoms with Crippen LogP contribution in [0.15, 0.2) is 87.6 Å². The van der Waals surface area contributed by atoms with E-state index in [1.54, 1.807) is 34.9 Å². The van der Waals surface area contributed by atoms with Crippen molar-refractivity contribution < 1.29 is 18.0 Å². The van der Waals surface area contributed by atoms with Crippen LogP contribution in [0.25, 0.3) is 11.4 Å². The van der Waals surface area contributed by atoms with Crippen LogP contribution in [0.3, 0.4) is 0 Å². The van der Waals surface area contributed by atoms with Gasteiger partial charge in [-0.15, -0.1) is 10.2 Å². The number of carbonyl (C=O) groups is 1. The van der Waals surface area contributed by atoms with Crippen molar-refractivity contribution in [2.75, 3.05) is 18.8 Å². The minimum atomic E-state index is -3.25. The first-order valence-corrected chi connectivity index (χ1v) is 14.0. The van der Waals surface area contributed by atoms with Crippen LogP contribution in [0.4, 0.5) is 0 Å². The Morgan fingerprint density at radius 3 is 2.50 bits per heavy atom. The third-order valence-corrected chi connectivity index (χ3v) is 8.68. The average Bonchev–Trinajstić information content (AvgIpc) is 3.67. The molecule has 186 valence electrons. The quantitative estimate of drug-likeness (QED) is 0.371. The SMILES string of the molecule is O=C(CSc1nnc(-c2ccccc2)n1Cc1ccco1)N=C1C=CC(=S(=O)(O)N2CCCC2)C=C1. The van der Waals surface area contributed by atoms with Gasteiger partial charge in [0, 0.05) is 18.7 Å². The van der Waals surface area contributed by atoms with Gasteiger partial charge in [-0.05, 0) is 49.3 Å². The van der Waals surface area contributed by atoms with Gasteiger partial charge in [-0.25, -0.2) is 13.5 Å². The van der Waals surface area contributed by atoms with E-state index in [2.05, 4.69) is 15.2 Å². The number of benzene rings is 1. The summed E-state index contributed by atoms with van der Waals surface area (Å²) in [6, 6.07) is 13.4. The fourth-order valence-electron chi connectivity index (χ4n) is 3.98. The molecule has 0 bridgehead atoms. The van der Waals surface area contributed by atoms with Crippen LogP contribution in [0.2, 0.25) is 0 Å². The molecule has 2 aromatic heterocycles. The van der Waals surface area contributed by atoms with Crippen LogP contribution >= 0.6 is 11.8 Å². The van der Waals surface area contributed by atoms with E-state index in [1.807, 2.05) is 47.0 Å². The number of aliphatic imine (C=N–C) groups is 1. The molecule has 0 radical (unpaired) electrons. The predicted octanol–water partition coefficient (Wildman–Crippen LogP) is 3.71. The molecule has 1 N–H and O–H groups in total. The summed E-state index contributed by atoms with van der Waals surface area (Å²) in [4.78, 5) is 17.1. The molecule has 1 aliphatic carbocycles. The molecule has 36 heavy (non-hydrogen) atoms. The minimum absolute atomic E-state index is 0.0668. The molecule has 1 aromatic carbocycles. The van der Waals surface area contributed by atoms with Gasteiger partial charge in [0.15, 0.2) is 21.0 Å². The van der Waals surface area contributed by atoms with Crippen LogP contribution < -0.4 is 0 Å². The summed E-state index contributed by atoms with van der Waals surface area (Å²) in [7, 11) is -3.25. The van der Waals surface area contributed by atoms with Crippen LogP contribution in [0.1, 0.15) is 18.6 Å². The van der Waals surface area contributed by atoms with Gasteiger partial charge in [0.1, 0.15) is 5.76 Å². The van der Waals surface area contributed by atoms with Crippen molar-refractivity contribution in [3.8, 4) is 11.4 Å². The molecule has 0 saturated carbocycles. The average molecular weight is 524 g/mol.